The SMILES string of the molecule is C=C(C)C(O)C1=C(c2csc3ccccc23)N2CCN=C2S1. The number of hydrogen-bond donors (Lipinski definition) is 1. The zero-order chi connectivity index (χ0) is 15.3. The van der Waals surface area contributed by atoms with Gasteiger partial charge in [-0.2, -0.15) is 0 Å². The highest BCUT2D eigenvalue weighted by Crippen LogP contribution is 2.46. The predicted octanol–water partition coefficient (Wildman–Crippen LogP) is 3.93. The molecule has 1 aromatic heterocycles. The van der Waals surface area contributed by atoms with E-state index in [9.17, 15) is 5.11 Å². The summed E-state index contributed by atoms with van der Waals surface area (Å²) in [6.07, 6.45) is -0.632. The first-order valence-corrected chi connectivity index (χ1v) is 8.90. The minimum atomic E-state index is -0.632. The summed E-state index contributed by atoms with van der Waals surface area (Å²) in [6, 6.07) is 8.41. The molecular formula is C17H16N2OS2. The van der Waals surface area contributed by atoms with Gasteiger partial charge in [0.15, 0.2) is 5.17 Å². The van der Waals surface area contributed by atoms with Crippen LogP contribution in [0.2, 0.25) is 0 Å². The zero-order valence-electron chi connectivity index (χ0n) is 12.2. The van der Waals surface area contributed by atoms with Gasteiger partial charge in [-0.1, -0.05) is 36.5 Å². The van der Waals surface area contributed by atoms with Crippen molar-refractivity contribution in [1.82, 2.24) is 4.90 Å². The van der Waals surface area contributed by atoms with Crippen molar-refractivity contribution >= 4 is 44.0 Å². The molecule has 0 radical (unpaired) electrons. The lowest BCUT2D eigenvalue weighted by Gasteiger charge is -2.18. The molecule has 2 aliphatic rings. The molecule has 0 saturated heterocycles. The third-order valence-electron chi connectivity index (χ3n) is 3.96. The lowest BCUT2D eigenvalue weighted by Crippen LogP contribution is -2.20. The largest absolute Gasteiger partial charge is 0.383 e. The van der Waals surface area contributed by atoms with E-state index in [0.717, 1.165) is 34.4 Å². The Bertz CT molecular complexity index is 834. The Hall–Kier alpha value is -1.56. The second kappa shape index (κ2) is 5.26. The number of fused-ring (bicyclic) bond motifs is 2. The summed E-state index contributed by atoms with van der Waals surface area (Å²) in [5, 5.41) is 15.0. The molecule has 0 aliphatic carbocycles. The summed E-state index contributed by atoms with van der Waals surface area (Å²) >= 11 is 3.33. The lowest BCUT2D eigenvalue weighted by atomic mass is 10.1. The van der Waals surface area contributed by atoms with Crippen molar-refractivity contribution in [2.75, 3.05) is 13.1 Å². The first-order chi connectivity index (χ1) is 10.7. The van der Waals surface area contributed by atoms with E-state index in [2.05, 4.69) is 46.1 Å². The van der Waals surface area contributed by atoms with Gasteiger partial charge in [0.1, 0.15) is 6.10 Å². The number of nitrogens with zero attached hydrogens (tertiary/aromatic N) is 2. The number of thioether (sulfide) groups is 1. The number of amidine groups is 1. The smallest absolute Gasteiger partial charge is 0.168 e. The van der Waals surface area contributed by atoms with Crippen LogP contribution in [0.4, 0.5) is 0 Å². The van der Waals surface area contributed by atoms with Gasteiger partial charge in [-0.15, -0.1) is 11.3 Å². The van der Waals surface area contributed by atoms with Gasteiger partial charge in [0.05, 0.1) is 12.2 Å². The molecule has 0 spiro atoms. The van der Waals surface area contributed by atoms with Crippen LogP contribution in [0, 0.1) is 0 Å². The number of hydrogen-bond acceptors (Lipinski definition) is 5. The van der Waals surface area contributed by atoms with Gasteiger partial charge in [-0.05, 0) is 18.6 Å². The first kappa shape index (κ1) is 14.1. The third-order valence-corrected chi connectivity index (χ3v) is 6.09. The van der Waals surface area contributed by atoms with Crippen LogP contribution in [-0.2, 0) is 0 Å². The van der Waals surface area contributed by atoms with Crippen molar-refractivity contribution in [3.8, 4) is 0 Å². The molecule has 112 valence electrons. The van der Waals surface area contributed by atoms with Gasteiger partial charge in [0.2, 0.25) is 0 Å². The van der Waals surface area contributed by atoms with E-state index in [-0.39, 0.29) is 0 Å². The third kappa shape index (κ3) is 2.04. The monoisotopic (exact) mass is 328 g/mol. The quantitative estimate of drug-likeness (QED) is 0.867. The van der Waals surface area contributed by atoms with E-state index in [4.69, 9.17) is 0 Å². The maximum absolute atomic E-state index is 10.6. The van der Waals surface area contributed by atoms with Crippen LogP contribution in [0.3, 0.4) is 0 Å². The Morgan fingerprint density at radius 1 is 1.41 bits per heavy atom. The number of aliphatic hydroxyl groups excluding tert-OH is 1. The number of aliphatic hydroxyl groups is 1. The molecule has 2 aromatic rings. The van der Waals surface area contributed by atoms with Gasteiger partial charge in [0, 0.05) is 32.5 Å². The van der Waals surface area contributed by atoms with Crippen molar-refractivity contribution in [1.29, 1.82) is 0 Å². The fourth-order valence-electron chi connectivity index (χ4n) is 2.85. The summed E-state index contributed by atoms with van der Waals surface area (Å²) < 4.78 is 1.27. The first-order valence-electron chi connectivity index (χ1n) is 7.21. The van der Waals surface area contributed by atoms with E-state index < -0.39 is 6.10 Å². The van der Waals surface area contributed by atoms with Crippen LogP contribution in [0.25, 0.3) is 15.8 Å². The molecule has 5 heteroatoms. The fourth-order valence-corrected chi connectivity index (χ4v) is 5.07. The van der Waals surface area contributed by atoms with E-state index >= 15 is 0 Å². The standard InChI is InChI=1S/C17H16N2OS2/c1-10(2)15(20)16-14(19-8-7-18-17(19)22-16)12-9-21-13-6-4-3-5-11(12)13/h3-6,9,15,20H,1,7-8H2,2H3. The van der Waals surface area contributed by atoms with Crippen molar-refractivity contribution in [3.63, 3.8) is 0 Å². The molecule has 0 fully saturated rings. The molecule has 3 nitrogen and oxygen atoms in total. The molecule has 4 rings (SSSR count). The van der Waals surface area contributed by atoms with Crippen LogP contribution >= 0.6 is 23.1 Å². The van der Waals surface area contributed by atoms with Gasteiger partial charge < -0.3 is 10.0 Å². The van der Waals surface area contributed by atoms with Gasteiger partial charge in [0.25, 0.3) is 0 Å². The number of thiophene rings is 1. The van der Waals surface area contributed by atoms with Crippen molar-refractivity contribution < 1.29 is 5.11 Å². The number of aliphatic imine (C=N–C) groups is 1. The van der Waals surface area contributed by atoms with Crippen LogP contribution in [0.15, 0.2) is 51.7 Å². The van der Waals surface area contributed by atoms with Crippen LogP contribution in [0.1, 0.15) is 12.5 Å². The van der Waals surface area contributed by atoms with E-state index in [1.165, 1.54) is 15.6 Å². The molecule has 3 heterocycles. The van der Waals surface area contributed by atoms with E-state index in [1.807, 2.05) is 6.92 Å². The Balaban J connectivity index is 1.93. The molecule has 0 amide bonds. The Morgan fingerprint density at radius 2 is 2.23 bits per heavy atom. The van der Waals surface area contributed by atoms with Crippen LogP contribution < -0.4 is 0 Å². The summed E-state index contributed by atoms with van der Waals surface area (Å²) in [5.74, 6) is 0. The van der Waals surface area contributed by atoms with Crippen molar-refractivity contribution in [3.05, 3.63) is 52.3 Å². The Morgan fingerprint density at radius 3 is 3.05 bits per heavy atom. The molecule has 0 bridgehead atoms. The topological polar surface area (TPSA) is 35.8 Å². The lowest BCUT2D eigenvalue weighted by molar-refractivity contribution is 0.256. The number of benzene rings is 1. The summed E-state index contributed by atoms with van der Waals surface area (Å²) in [5.41, 5.74) is 3.06. The highest BCUT2D eigenvalue weighted by atomic mass is 32.2. The molecular weight excluding hydrogens is 312 g/mol. The minimum absolute atomic E-state index is 0.632. The average Bonchev–Trinajstić information content (AvgIpc) is 3.19. The molecule has 22 heavy (non-hydrogen) atoms. The van der Waals surface area contributed by atoms with Crippen LogP contribution in [0.5, 0.6) is 0 Å². The van der Waals surface area contributed by atoms with E-state index in [1.54, 1.807) is 23.1 Å². The molecule has 0 saturated carbocycles. The van der Waals surface area contributed by atoms with Gasteiger partial charge in [-0.25, -0.2) is 0 Å². The highest BCUT2D eigenvalue weighted by Gasteiger charge is 2.36. The highest BCUT2D eigenvalue weighted by molar-refractivity contribution is 8.17. The predicted molar refractivity (Wildman–Crippen MR) is 96.2 cm³/mol. The number of rotatable bonds is 3. The van der Waals surface area contributed by atoms with Crippen LogP contribution in [-0.4, -0.2) is 34.4 Å². The fraction of sp³-hybridized carbons (Fsp3) is 0.235. The van der Waals surface area contributed by atoms with Gasteiger partial charge >= 0.3 is 0 Å². The summed E-state index contributed by atoms with van der Waals surface area (Å²) in [4.78, 5) is 7.75. The molecule has 1 atom stereocenters. The molecule has 1 unspecified atom stereocenters. The second-order valence-electron chi connectivity index (χ2n) is 5.53. The normalized spacial score (nSPS) is 18.8. The van der Waals surface area contributed by atoms with E-state index in [0.29, 0.717) is 0 Å². The Labute approximate surface area is 137 Å². The minimum Gasteiger partial charge on any atom is -0.383 e. The zero-order valence-corrected chi connectivity index (χ0v) is 13.9. The van der Waals surface area contributed by atoms with Crippen molar-refractivity contribution in [2.24, 2.45) is 4.99 Å². The van der Waals surface area contributed by atoms with Crippen molar-refractivity contribution in [2.45, 2.75) is 13.0 Å². The average molecular weight is 328 g/mol. The van der Waals surface area contributed by atoms with Gasteiger partial charge in [-0.3, -0.25) is 4.99 Å². The summed E-state index contributed by atoms with van der Waals surface area (Å²) in [7, 11) is 0. The molecule has 1 aromatic carbocycles. The Kier molecular flexibility index (Phi) is 3.36. The second-order valence-corrected chi connectivity index (χ2v) is 7.45. The molecule has 2 aliphatic heterocycles. The maximum Gasteiger partial charge on any atom is 0.168 e. The molecule has 1 N–H and O–H groups in total. The summed E-state index contributed by atoms with van der Waals surface area (Å²) in [6.45, 7) is 7.49. The maximum atomic E-state index is 10.6.